The minimum Gasteiger partial charge on any atom is -0.378 e. The van der Waals surface area contributed by atoms with Crippen LogP contribution >= 0.6 is 0 Å². The number of hydrogen-bond donors (Lipinski definition) is 2. The van der Waals surface area contributed by atoms with E-state index in [1.54, 1.807) is 0 Å². The van der Waals surface area contributed by atoms with Crippen molar-refractivity contribution in [3.05, 3.63) is 88.0 Å². The van der Waals surface area contributed by atoms with E-state index in [1.165, 1.54) is 24.3 Å². The number of likely N-dealkylation sites (N-methyl/N-ethyl adjacent to an activating group) is 1. The molecule has 0 aromatic heterocycles. The molecule has 2 fully saturated rings. The van der Waals surface area contributed by atoms with Gasteiger partial charge in [0.05, 0.1) is 29.5 Å². The van der Waals surface area contributed by atoms with Gasteiger partial charge in [-0.05, 0) is 67.0 Å². The Bertz CT molecular complexity index is 1490. The van der Waals surface area contributed by atoms with Crippen LogP contribution in [0.4, 0.5) is 21.9 Å². The Kier molecular flexibility index (Phi) is 10.6. The predicted molar refractivity (Wildman–Crippen MR) is 175 cm³/mol. The third kappa shape index (κ3) is 8.15. The molecule has 2 heterocycles. The summed E-state index contributed by atoms with van der Waals surface area (Å²) in [5.41, 5.74) is 10.5. The SMILES string of the molecule is CN1CCN(c2ccc(-c3cccc(CN(CCCN)C(=O)N4CCOCC4)c3)cc2NC(=O)c2ccc([N+](=O)[O-])cc2)CC1. The molecule has 3 aromatic carbocycles. The summed E-state index contributed by atoms with van der Waals surface area (Å²) in [5, 5.41) is 14.2. The molecular weight excluding hydrogens is 574 g/mol. The highest BCUT2D eigenvalue weighted by Crippen LogP contribution is 2.33. The Labute approximate surface area is 263 Å². The average molecular weight is 616 g/mol. The summed E-state index contributed by atoms with van der Waals surface area (Å²) in [7, 11) is 2.09. The minimum absolute atomic E-state index is 0.00933. The average Bonchev–Trinajstić information content (AvgIpc) is 3.07. The van der Waals surface area contributed by atoms with Crippen molar-refractivity contribution in [3.63, 3.8) is 0 Å². The molecule has 0 spiro atoms. The molecule has 0 unspecified atom stereocenters. The first-order valence-electron chi connectivity index (χ1n) is 15.4. The van der Waals surface area contributed by atoms with Crippen LogP contribution in [0, 0.1) is 10.1 Å². The molecule has 2 aliphatic heterocycles. The van der Waals surface area contributed by atoms with E-state index in [-0.39, 0.29) is 17.6 Å². The molecule has 238 valence electrons. The third-order valence-electron chi connectivity index (χ3n) is 8.25. The number of nitrogens with zero attached hydrogens (tertiary/aromatic N) is 5. The van der Waals surface area contributed by atoms with Crippen LogP contribution in [0.25, 0.3) is 11.1 Å². The van der Waals surface area contributed by atoms with E-state index in [2.05, 4.69) is 34.3 Å². The standard InChI is InChI=1S/C33H41N7O5/c1-36-14-16-37(17-15-36)31-11-8-28(23-30(31)35-32(41)26-6-9-29(10-7-26)40(43)44)27-5-2-4-25(22-27)24-39(13-3-12-34)33(42)38-18-20-45-21-19-38/h2,4-11,22-23H,3,12-21,24,34H2,1H3,(H,35,41). The first-order valence-corrected chi connectivity index (χ1v) is 15.4. The van der Waals surface area contributed by atoms with Crippen molar-refractivity contribution in [2.45, 2.75) is 13.0 Å². The van der Waals surface area contributed by atoms with Crippen molar-refractivity contribution < 1.29 is 19.2 Å². The number of nitro benzene ring substituents is 1. The number of carbonyl (C=O) groups is 2. The number of urea groups is 1. The zero-order chi connectivity index (χ0) is 31.8. The van der Waals surface area contributed by atoms with E-state index in [0.717, 1.165) is 48.6 Å². The Morgan fingerprint density at radius 2 is 1.67 bits per heavy atom. The Hall–Kier alpha value is -4.52. The summed E-state index contributed by atoms with van der Waals surface area (Å²) < 4.78 is 5.43. The number of amides is 3. The van der Waals surface area contributed by atoms with Gasteiger partial charge in [-0.3, -0.25) is 14.9 Å². The highest BCUT2D eigenvalue weighted by molar-refractivity contribution is 6.06. The van der Waals surface area contributed by atoms with Crippen LogP contribution < -0.4 is 16.0 Å². The molecule has 3 amide bonds. The van der Waals surface area contributed by atoms with Crippen LogP contribution in [0.15, 0.2) is 66.7 Å². The van der Waals surface area contributed by atoms with Gasteiger partial charge in [0.2, 0.25) is 0 Å². The smallest absolute Gasteiger partial charge is 0.320 e. The van der Waals surface area contributed by atoms with E-state index < -0.39 is 4.92 Å². The number of piperazine rings is 1. The van der Waals surface area contributed by atoms with Crippen LogP contribution in [-0.2, 0) is 11.3 Å². The molecule has 0 aliphatic carbocycles. The van der Waals surface area contributed by atoms with Gasteiger partial charge in [0.15, 0.2) is 0 Å². The first kappa shape index (κ1) is 31.9. The topological polar surface area (TPSA) is 138 Å². The second-order valence-electron chi connectivity index (χ2n) is 11.4. The number of anilines is 2. The van der Waals surface area contributed by atoms with Gasteiger partial charge in [-0.25, -0.2) is 4.79 Å². The van der Waals surface area contributed by atoms with Gasteiger partial charge in [0, 0.05) is 70.1 Å². The lowest BCUT2D eigenvalue weighted by atomic mass is 10.0. The van der Waals surface area contributed by atoms with E-state index in [0.29, 0.717) is 63.6 Å². The number of nitrogens with one attached hydrogen (secondary N) is 1. The summed E-state index contributed by atoms with van der Waals surface area (Å²) in [6.07, 6.45) is 0.710. The maximum absolute atomic E-state index is 13.4. The van der Waals surface area contributed by atoms with E-state index >= 15 is 0 Å². The molecule has 3 N–H and O–H groups in total. The van der Waals surface area contributed by atoms with E-state index in [9.17, 15) is 19.7 Å². The Balaban J connectivity index is 1.41. The zero-order valence-corrected chi connectivity index (χ0v) is 25.7. The van der Waals surface area contributed by atoms with Gasteiger partial charge >= 0.3 is 6.03 Å². The molecule has 3 aromatic rings. The summed E-state index contributed by atoms with van der Waals surface area (Å²) in [6, 6.07) is 19.7. The van der Waals surface area contributed by atoms with Gasteiger partial charge in [-0.15, -0.1) is 0 Å². The number of carbonyl (C=O) groups excluding carboxylic acids is 2. The molecule has 12 nitrogen and oxygen atoms in total. The van der Waals surface area contributed by atoms with E-state index in [4.69, 9.17) is 10.5 Å². The van der Waals surface area contributed by atoms with Crippen molar-refractivity contribution in [2.75, 3.05) is 82.8 Å². The predicted octanol–water partition coefficient (Wildman–Crippen LogP) is 3.87. The molecule has 0 bridgehead atoms. The van der Waals surface area contributed by atoms with Crippen LogP contribution in [0.1, 0.15) is 22.3 Å². The zero-order valence-electron chi connectivity index (χ0n) is 25.7. The van der Waals surface area contributed by atoms with Crippen LogP contribution in [0.3, 0.4) is 0 Å². The minimum atomic E-state index is -0.485. The third-order valence-corrected chi connectivity index (χ3v) is 8.25. The lowest BCUT2D eigenvalue weighted by Gasteiger charge is -2.35. The van der Waals surface area contributed by atoms with Gasteiger partial charge in [-0.2, -0.15) is 0 Å². The number of hydrogen-bond acceptors (Lipinski definition) is 8. The van der Waals surface area contributed by atoms with E-state index in [1.807, 2.05) is 40.1 Å². The number of rotatable bonds is 10. The van der Waals surface area contributed by atoms with Crippen molar-refractivity contribution >= 4 is 29.0 Å². The second-order valence-corrected chi connectivity index (χ2v) is 11.4. The van der Waals surface area contributed by atoms with Gasteiger partial charge in [-0.1, -0.05) is 24.3 Å². The quantitative estimate of drug-likeness (QED) is 0.259. The highest BCUT2D eigenvalue weighted by Gasteiger charge is 2.23. The summed E-state index contributed by atoms with van der Waals surface area (Å²) >= 11 is 0. The van der Waals surface area contributed by atoms with Crippen LogP contribution in [-0.4, -0.2) is 104 Å². The molecule has 0 saturated carbocycles. The molecular formula is C33H41N7O5. The largest absolute Gasteiger partial charge is 0.378 e. The molecule has 45 heavy (non-hydrogen) atoms. The fourth-order valence-corrected chi connectivity index (χ4v) is 5.62. The molecule has 0 atom stereocenters. The lowest BCUT2D eigenvalue weighted by molar-refractivity contribution is -0.384. The Morgan fingerprint density at radius 1 is 0.956 bits per heavy atom. The maximum Gasteiger partial charge on any atom is 0.320 e. The normalized spacial score (nSPS) is 15.5. The van der Waals surface area contributed by atoms with Crippen molar-refractivity contribution in [2.24, 2.45) is 5.73 Å². The number of ether oxygens (including phenoxy) is 1. The molecule has 5 rings (SSSR count). The van der Waals surface area contributed by atoms with Crippen LogP contribution in [0.2, 0.25) is 0 Å². The molecule has 2 saturated heterocycles. The van der Waals surface area contributed by atoms with Crippen LogP contribution in [0.5, 0.6) is 0 Å². The fourth-order valence-electron chi connectivity index (χ4n) is 5.62. The number of morpholine rings is 1. The lowest BCUT2D eigenvalue weighted by Crippen LogP contribution is -2.48. The van der Waals surface area contributed by atoms with Crippen molar-refractivity contribution in [1.29, 1.82) is 0 Å². The molecule has 2 aliphatic rings. The monoisotopic (exact) mass is 615 g/mol. The summed E-state index contributed by atoms with van der Waals surface area (Å²) in [4.78, 5) is 45.5. The molecule has 0 radical (unpaired) electrons. The number of benzene rings is 3. The van der Waals surface area contributed by atoms with Gasteiger partial charge < -0.3 is 35.4 Å². The van der Waals surface area contributed by atoms with Gasteiger partial charge in [0.1, 0.15) is 0 Å². The number of nitrogens with two attached hydrogens (primary N) is 1. The van der Waals surface area contributed by atoms with Gasteiger partial charge in [0.25, 0.3) is 11.6 Å². The fraction of sp³-hybridized carbons (Fsp3) is 0.394. The van der Waals surface area contributed by atoms with Crippen molar-refractivity contribution in [1.82, 2.24) is 14.7 Å². The highest BCUT2D eigenvalue weighted by atomic mass is 16.6. The summed E-state index contributed by atoms with van der Waals surface area (Å²) in [6.45, 7) is 7.20. The second kappa shape index (κ2) is 15.0. The Morgan fingerprint density at radius 3 is 2.36 bits per heavy atom. The maximum atomic E-state index is 13.4. The first-order chi connectivity index (χ1) is 21.8. The number of non-ortho nitro benzene ring substituents is 1. The summed E-state index contributed by atoms with van der Waals surface area (Å²) in [5.74, 6) is -0.344. The molecule has 12 heteroatoms. The number of nitro groups is 1. The van der Waals surface area contributed by atoms with Crippen molar-refractivity contribution in [3.8, 4) is 11.1 Å².